The summed E-state index contributed by atoms with van der Waals surface area (Å²) in [6.07, 6.45) is 0. The lowest BCUT2D eigenvalue weighted by Crippen LogP contribution is -2.57. The van der Waals surface area contributed by atoms with E-state index in [2.05, 4.69) is 0 Å². The number of benzene rings is 3. The number of amides is 2. The minimum atomic E-state index is -0.636. The van der Waals surface area contributed by atoms with Crippen LogP contribution in [0.5, 0.6) is 0 Å². The van der Waals surface area contributed by atoms with Gasteiger partial charge in [0, 0.05) is 24.2 Å². The van der Waals surface area contributed by atoms with Crippen LogP contribution in [0.2, 0.25) is 0 Å². The van der Waals surface area contributed by atoms with Crippen molar-refractivity contribution < 1.29 is 14.0 Å². The summed E-state index contributed by atoms with van der Waals surface area (Å²) in [7, 11) is 0. The van der Waals surface area contributed by atoms with Gasteiger partial charge in [-0.05, 0) is 36.8 Å². The van der Waals surface area contributed by atoms with E-state index in [1.54, 1.807) is 17.9 Å². The minimum Gasteiger partial charge on any atom is -0.325 e. The Bertz CT molecular complexity index is 1050. The lowest BCUT2D eigenvalue weighted by atomic mass is 10.0. The Balaban J connectivity index is 1.61. The highest BCUT2D eigenvalue weighted by Gasteiger charge is 2.36. The van der Waals surface area contributed by atoms with Crippen LogP contribution in [0.1, 0.15) is 17.3 Å². The number of carbonyl (C=O) groups excluding carboxylic acids is 2. The maximum Gasteiger partial charge on any atom is 0.254 e. The summed E-state index contributed by atoms with van der Waals surface area (Å²) in [5.41, 5.74) is 3.08. The van der Waals surface area contributed by atoms with E-state index in [0.717, 1.165) is 16.8 Å². The zero-order valence-electron chi connectivity index (χ0n) is 16.1. The third-order valence-electron chi connectivity index (χ3n) is 5.27. The van der Waals surface area contributed by atoms with Crippen molar-refractivity contribution in [3.63, 3.8) is 0 Å². The number of hydrogen-bond acceptors (Lipinski definition) is 2. The van der Waals surface area contributed by atoms with Gasteiger partial charge in [0.1, 0.15) is 11.9 Å². The molecular formula is C24H21FN2O2. The van der Waals surface area contributed by atoms with E-state index in [9.17, 15) is 14.0 Å². The first-order valence-corrected chi connectivity index (χ1v) is 9.58. The van der Waals surface area contributed by atoms with Gasteiger partial charge in [0.2, 0.25) is 5.91 Å². The second-order valence-corrected chi connectivity index (χ2v) is 7.06. The molecule has 0 spiro atoms. The molecule has 1 fully saturated rings. The van der Waals surface area contributed by atoms with Gasteiger partial charge in [0.15, 0.2) is 0 Å². The molecule has 0 saturated carbocycles. The Kier molecular flexibility index (Phi) is 5.12. The first-order valence-electron chi connectivity index (χ1n) is 9.58. The van der Waals surface area contributed by atoms with E-state index in [1.807, 2.05) is 54.6 Å². The molecule has 1 heterocycles. The maximum atomic E-state index is 13.5. The molecule has 1 saturated heterocycles. The number of rotatable bonds is 3. The second kappa shape index (κ2) is 7.87. The van der Waals surface area contributed by atoms with Gasteiger partial charge in [0.05, 0.1) is 5.69 Å². The predicted molar refractivity (Wildman–Crippen MR) is 111 cm³/mol. The highest BCUT2D eigenvalue weighted by Crippen LogP contribution is 2.32. The number of carbonyl (C=O) groups is 2. The number of para-hydroxylation sites is 1. The highest BCUT2D eigenvalue weighted by molar-refractivity contribution is 6.05. The van der Waals surface area contributed by atoms with Crippen LogP contribution in [0.15, 0.2) is 78.9 Å². The largest absolute Gasteiger partial charge is 0.325 e. The van der Waals surface area contributed by atoms with Crippen molar-refractivity contribution in [2.45, 2.75) is 13.0 Å². The van der Waals surface area contributed by atoms with Crippen LogP contribution in [-0.2, 0) is 4.79 Å². The molecule has 3 aromatic carbocycles. The van der Waals surface area contributed by atoms with Gasteiger partial charge in [-0.25, -0.2) is 4.39 Å². The van der Waals surface area contributed by atoms with Crippen molar-refractivity contribution >= 4 is 17.5 Å². The van der Waals surface area contributed by atoms with E-state index in [4.69, 9.17) is 0 Å². The van der Waals surface area contributed by atoms with Gasteiger partial charge in [-0.2, -0.15) is 0 Å². The van der Waals surface area contributed by atoms with Crippen LogP contribution in [0.4, 0.5) is 10.1 Å². The third-order valence-corrected chi connectivity index (χ3v) is 5.27. The molecule has 4 nitrogen and oxygen atoms in total. The van der Waals surface area contributed by atoms with Crippen LogP contribution < -0.4 is 4.90 Å². The maximum absolute atomic E-state index is 13.5. The standard InChI is InChI=1S/C24H21FN2O2/c1-17-23(28)27(15-14-26(17)24(29)19-10-7-11-20(25)16-19)22-13-6-5-12-21(22)18-8-3-2-4-9-18/h2-13,16-17H,14-15H2,1H3. The van der Waals surface area contributed by atoms with Gasteiger partial charge in [-0.15, -0.1) is 0 Å². The first kappa shape index (κ1) is 18.9. The van der Waals surface area contributed by atoms with Gasteiger partial charge in [-0.1, -0.05) is 54.6 Å². The third kappa shape index (κ3) is 3.63. The Hall–Kier alpha value is -3.47. The fourth-order valence-corrected chi connectivity index (χ4v) is 3.75. The fourth-order valence-electron chi connectivity index (χ4n) is 3.75. The molecule has 1 unspecified atom stereocenters. The summed E-state index contributed by atoms with van der Waals surface area (Å²) in [5, 5.41) is 0. The quantitative estimate of drug-likeness (QED) is 0.669. The van der Waals surface area contributed by atoms with E-state index < -0.39 is 11.9 Å². The molecule has 0 N–H and O–H groups in total. The molecule has 146 valence electrons. The number of halogens is 1. The summed E-state index contributed by atoms with van der Waals surface area (Å²) < 4.78 is 13.5. The van der Waals surface area contributed by atoms with E-state index >= 15 is 0 Å². The van der Waals surface area contributed by atoms with E-state index in [-0.39, 0.29) is 17.4 Å². The van der Waals surface area contributed by atoms with Gasteiger partial charge in [-0.3, -0.25) is 9.59 Å². The van der Waals surface area contributed by atoms with Crippen molar-refractivity contribution in [3.05, 3.63) is 90.2 Å². The number of piperazine rings is 1. The predicted octanol–water partition coefficient (Wildman–Crippen LogP) is 4.37. The Morgan fingerprint density at radius 2 is 1.66 bits per heavy atom. The minimum absolute atomic E-state index is 0.149. The van der Waals surface area contributed by atoms with Crippen molar-refractivity contribution in [3.8, 4) is 11.1 Å². The highest BCUT2D eigenvalue weighted by atomic mass is 19.1. The molecule has 0 aliphatic carbocycles. The molecule has 0 aromatic heterocycles. The number of anilines is 1. The van der Waals surface area contributed by atoms with E-state index in [0.29, 0.717) is 13.1 Å². The van der Waals surface area contributed by atoms with Gasteiger partial charge in [0.25, 0.3) is 5.91 Å². The van der Waals surface area contributed by atoms with Crippen molar-refractivity contribution in [1.82, 2.24) is 4.90 Å². The first-order chi connectivity index (χ1) is 14.1. The van der Waals surface area contributed by atoms with Gasteiger partial charge < -0.3 is 9.80 Å². The summed E-state index contributed by atoms with van der Waals surface area (Å²) in [5.74, 6) is -0.948. The molecule has 0 radical (unpaired) electrons. The normalized spacial score (nSPS) is 16.8. The SMILES string of the molecule is CC1C(=O)N(c2ccccc2-c2ccccc2)CCN1C(=O)c1cccc(F)c1. The average Bonchev–Trinajstić information content (AvgIpc) is 2.76. The van der Waals surface area contributed by atoms with Crippen molar-refractivity contribution in [2.75, 3.05) is 18.0 Å². The topological polar surface area (TPSA) is 40.6 Å². The molecule has 1 aliphatic rings. The summed E-state index contributed by atoms with van der Waals surface area (Å²) in [6, 6.07) is 22.6. The summed E-state index contributed by atoms with van der Waals surface area (Å²) in [4.78, 5) is 29.3. The lowest BCUT2D eigenvalue weighted by Gasteiger charge is -2.39. The number of nitrogens with zero attached hydrogens (tertiary/aromatic N) is 2. The molecule has 3 aromatic rings. The molecule has 29 heavy (non-hydrogen) atoms. The molecule has 5 heteroatoms. The smallest absolute Gasteiger partial charge is 0.254 e. The monoisotopic (exact) mass is 388 g/mol. The molecule has 1 atom stereocenters. The zero-order chi connectivity index (χ0) is 20.4. The summed E-state index contributed by atoms with van der Waals surface area (Å²) >= 11 is 0. The van der Waals surface area contributed by atoms with Crippen LogP contribution in [0.3, 0.4) is 0 Å². The zero-order valence-corrected chi connectivity index (χ0v) is 16.1. The van der Waals surface area contributed by atoms with Crippen LogP contribution in [0.25, 0.3) is 11.1 Å². The molecule has 1 aliphatic heterocycles. The van der Waals surface area contributed by atoms with Gasteiger partial charge >= 0.3 is 0 Å². The number of hydrogen-bond donors (Lipinski definition) is 0. The molecule has 2 amide bonds. The summed E-state index contributed by atoms with van der Waals surface area (Å²) in [6.45, 7) is 2.48. The van der Waals surface area contributed by atoms with Crippen LogP contribution in [0, 0.1) is 5.82 Å². The average molecular weight is 388 g/mol. The van der Waals surface area contributed by atoms with Crippen molar-refractivity contribution in [1.29, 1.82) is 0 Å². The molecule has 4 rings (SSSR count). The van der Waals surface area contributed by atoms with Crippen LogP contribution in [-0.4, -0.2) is 35.8 Å². The Labute approximate surface area is 169 Å². The Morgan fingerprint density at radius 3 is 2.41 bits per heavy atom. The second-order valence-electron chi connectivity index (χ2n) is 7.06. The molecule has 0 bridgehead atoms. The fraction of sp³-hybridized carbons (Fsp3) is 0.167. The molecular weight excluding hydrogens is 367 g/mol. The lowest BCUT2D eigenvalue weighted by molar-refractivity contribution is -0.124. The van der Waals surface area contributed by atoms with Crippen LogP contribution >= 0.6 is 0 Å². The Morgan fingerprint density at radius 1 is 0.931 bits per heavy atom. The van der Waals surface area contributed by atoms with Crippen molar-refractivity contribution in [2.24, 2.45) is 0 Å². The van der Waals surface area contributed by atoms with E-state index in [1.165, 1.54) is 23.1 Å².